The van der Waals surface area contributed by atoms with Gasteiger partial charge in [-0.25, -0.2) is 0 Å². The molecule has 1 N–H and O–H groups in total. The molecule has 0 bridgehead atoms. The van der Waals surface area contributed by atoms with E-state index < -0.39 is 0 Å². The number of ether oxygens (including phenoxy) is 1. The Morgan fingerprint density at radius 3 is 2.95 bits per heavy atom. The topological polar surface area (TPSA) is 64.9 Å². The van der Waals surface area contributed by atoms with E-state index in [1.807, 2.05) is 19.1 Å². The lowest BCUT2D eigenvalue weighted by Gasteiger charge is -2.19. The summed E-state index contributed by atoms with van der Waals surface area (Å²) in [6, 6.07) is 8.51. The monoisotopic (exact) mass is 273 g/mol. The zero-order valence-corrected chi connectivity index (χ0v) is 11.8. The normalized spacial score (nSPS) is 16.1. The number of aryl methyl sites for hydroxylation is 1. The van der Waals surface area contributed by atoms with E-state index in [4.69, 9.17) is 4.74 Å². The van der Waals surface area contributed by atoms with E-state index in [1.165, 1.54) is 12.8 Å². The minimum absolute atomic E-state index is 0.380. The molecule has 0 saturated heterocycles. The molecule has 1 saturated carbocycles. The van der Waals surface area contributed by atoms with Crippen LogP contribution >= 0.6 is 0 Å². The van der Waals surface area contributed by atoms with Crippen LogP contribution in [0.1, 0.15) is 18.7 Å². The molecule has 0 aliphatic heterocycles. The van der Waals surface area contributed by atoms with Crippen molar-refractivity contribution in [3.63, 3.8) is 0 Å². The molecular weight excluding hydrogens is 254 g/mol. The Labute approximate surface area is 118 Å². The van der Waals surface area contributed by atoms with Crippen molar-refractivity contribution >= 4 is 5.69 Å². The summed E-state index contributed by atoms with van der Waals surface area (Å²) >= 11 is 0. The molecule has 0 amide bonds. The third kappa shape index (κ3) is 2.80. The first-order valence-electron chi connectivity index (χ1n) is 6.89. The zero-order chi connectivity index (χ0) is 13.9. The molecule has 2 aromatic rings. The number of hydrogen-bond acceptors (Lipinski definition) is 5. The van der Waals surface area contributed by atoms with Crippen molar-refractivity contribution in [2.24, 2.45) is 5.92 Å². The van der Waals surface area contributed by atoms with Gasteiger partial charge in [-0.3, -0.25) is 0 Å². The first kappa shape index (κ1) is 13.1. The number of methoxy groups -OCH3 is 1. The van der Waals surface area contributed by atoms with Crippen molar-refractivity contribution in [1.82, 2.24) is 20.2 Å². The molecule has 1 aliphatic carbocycles. The van der Waals surface area contributed by atoms with Crippen molar-refractivity contribution < 1.29 is 4.74 Å². The summed E-state index contributed by atoms with van der Waals surface area (Å²) < 4.78 is 7.03. The maximum atomic E-state index is 5.30. The Balaban J connectivity index is 1.78. The van der Waals surface area contributed by atoms with Crippen LogP contribution in [0.4, 0.5) is 5.69 Å². The van der Waals surface area contributed by atoms with Gasteiger partial charge in [-0.15, -0.1) is 5.10 Å². The van der Waals surface area contributed by atoms with Crippen molar-refractivity contribution in [2.45, 2.75) is 25.8 Å². The molecule has 0 spiro atoms. The lowest BCUT2D eigenvalue weighted by molar-refractivity contribution is 0.179. The van der Waals surface area contributed by atoms with Gasteiger partial charge in [-0.2, -0.15) is 4.68 Å². The summed E-state index contributed by atoms with van der Waals surface area (Å²) in [5, 5.41) is 15.1. The van der Waals surface area contributed by atoms with Crippen LogP contribution in [0.5, 0.6) is 0 Å². The Kier molecular flexibility index (Phi) is 3.64. The maximum Gasteiger partial charge on any atom is 0.153 e. The minimum Gasteiger partial charge on any atom is -0.383 e. The van der Waals surface area contributed by atoms with E-state index in [9.17, 15) is 0 Å². The molecule has 1 atom stereocenters. The van der Waals surface area contributed by atoms with Gasteiger partial charge in [-0.05, 0) is 54.3 Å². The molecule has 0 radical (unpaired) electrons. The van der Waals surface area contributed by atoms with Crippen LogP contribution in [0.25, 0.3) is 5.69 Å². The predicted molar refractivity (Wildman–Crippen MR) is 75.9 cm³/mol. The quantitative estimate of drug-likeness (QED) is 0.869. The van der Waals surface area contributed by atoms with Crippen LogP contribution < -0.4 is 5.32 Å². The summed E-state index contributed by atoms with van der Waals surface area (Å²) in [7, 11) is 1.75. The molecule has 6 heteroatoms. The fourth-order valence-electron chi connectivity index (χ4n) is 2.39. The molecule has 20 heavy (non-hydrogen) atoms. The van der Waals surface area contributed by atoms with Crippen molar-refractivity contribution in [3.8, 4) is 5.69 Å². The molecule has 1 aliphatic rings. The Bertz CT molecular complexity index is 578. The Morgan fingerprint density at radius 2 is 2.30 bits per heavy atom. The zero-order valence-electron chi connectivity index (χ0n) is 11.8. The van der Waals surface area contributed by atoms with Crippen LogP contribution in [-0.4, -0.2) is 40.0 Å². The third-order valence-electron chi connectivity index (χ3n) is 3.61. The highest BCUT2D eigenvalue weighted by Gasteiger charge is 2.31. The second-order valence-electron chi connectivity index (χ2n) is 5.23. The van der Waals surface area contributed by atoms with Crippen molar-refractivity contribution in [2.75, 3.05) is 19.0 Å². The van der Waals surface area contributed by atoms with Crippen LogP contribution in [-0.2, 0) is 4.74 Å². The molecule has 1 fully saturated rings. The van der Waals surface area contributed by atoms with E-state index in [-0.39, 0.29) is 0 Å². The van der Waals surface area contributed by atoms with E-state index >= 15 is 0 Å². The first-order valence-corrected chi connectivity index (χ1v) is 6.89. The van der Waals surface area contributed by atoms with Crippen molar-refractivity contribution in [1.29, 1.82) is 0 Å². The summed E-state index contributed by atoms with van der Waals surface area (Å²) in [6.45, 7) is 2.62. The molecule has 3 rings (SSSR count). The second kappa shape index (κ2) is 5.58. The van der Waals surface area contributed by atoms with Gasteiger partial charge in [0.2, 0.25) is 0 Å². The fraction of sp³-hybridized carbons (Fsp3) is 0.500. The van der Waals surface area contributed by atoms with Gasteiger partial charge in [0.1, 0.15) is 0 Å². The van der Waals surface area contributed by atoms with Crippen molar-refractivity contribution in [3.05, 3.63) is 30.1 Å². The van der Waals surface area contributed by atoms with E-state index in [1.54, 1.807) is 11.8 Å². The largest absolute Gasteiger partial charge is 0.383 e. The Hall–Kier alpha value is -1.95. The van der Waals surface area contributed by atoms with Gasteiger partial charge < -0.3 is 10.1 Å². The lowest BCUT2D eigenvalue weighted by Crippen LogP contribution is -2.27. The number of aromatic nitrogens is 4. The summed E-state index contributed by atoms with van der Waals surface area (Å²) in [4.78, 5) is 0. The third-order valence-corrected chi connectivity index (χ3v) is 3.61. The summed E-state index contributed by atoms with van der Waals surface area (Å²) in [5.41, 5.74) is 2.04. The number of nitrogens with zero attached hydrogens (tertiary/aromatic N) is 4. The number of anilines is 1. The standard InChI is InChI=1S/C14H19N5O/c1-10-16-17-18-19(10)13-5-3-4-12(8-13)15-14(9-20-2)11-6-7-11/h3-5,8,11,14-15H,6-7,9H2,1-2H3. The summed E-state index contributed by atoms with van der Waals surface area (Å²) in [6.07, 6.45) is 2.57. The van der Waals surface area contributed by atoms with Gasteiger partial charge in [-0.1, -0.05) is 6.07 Å². The van der Waals surface area contributed by atoms with E-state index in [0.717, 1.165) is 29.7 Å². The second-order valence-corrected chi connectivity index (χ2v) is 5.23. The van der Waals surface area contributed by atoms with Crippen LogP contribution in [0.2, 0.25) is 0 Å². The highest BCUT2D eigenvalue weighted by atomic mass is 16.5. The van der Waals surface area contributed by atoms with Crippen LogP contribution in [0.3, 0.4) is 0 Å². The van der Waals surface area contributed by atoms with Crippen LogP contribution in [0, 0.1) is 12.8 Å². The molecule has 1 heterocycles. The fourth-order valence-corrected chi connectivity index (χ4v) is 2.39. The minimum atomic E-state index is 0.380. The Morgan fingerprint density at radius 1 is 1.45 bits per heavy atom. The van der Waals surface area contributed by atoms with E-state index in [0.29, 0.717) is 6.04 Å². The van der Waals surface area contributed by atoms with Gasteiger partial charge in [0, 0.05) is 12.8 Å². The molecule has 1 aromatic heterocycles. The average molecular weight is 273 g/mol. The number of nitrogens with one attached hydrogen (secondary N) is 1. The van der Waals surface area contributed by atoms with Gasteiger partial charge >= 0.3 is 0 Å². The van der Waals surface area contributed by atoms with E-state index in [2.05, 4.69) is 33.0 Å². The number of tetrazole rings is 1. The molecular formula is C14H19N5O. The predicted octanol–water partition coefficient (Wildman–Crippen LogP) is 1.81. The SMILES string of the molecule is COCC(Nc1cccc(-n2nnnc2C)c1)C1CC1. The van der Waals surface area contributed by atoms with Gasteiger partial charge in [0.15, 0.2) is 5.82 Å². The van der Waals surface area contributed by atoms with Gasteiger partial charge in [0.05, 0.1) is 18.3 Å². The molecule has 6 nitrogen and oxygen atoms in total. The number of benzene rings is 1. The maximum absolute atomic E-state index is 5.30. The number of hydrogen-bond donors (Lipinski definition) is 1. The lowest BCUT2D eigenvalue weighted by atomic mass is 10.2. The first-order chi connectivity index (χ1) is 9.78. The summed E-state index contributed by atoms with van der Waals surface area (Å²) in [5.74, 6) is 1.51. The highest BCUT2D eigenvalue weighted by Crippen LogP contribution is 2.34. The highest BCUT2D eigenvalue weighted by molar-refractivity contribution is 5.51. The average Bonchev–Trinajstić information content (AvgIpc) is 3.21. The molecule has 1 aromatic carbocycles. The van der Waals surface area contributed by atoms with Crippen LogP contribution in [0.15, 0.2) is 24.3 Å². The molecule has 106 valence electrons. The number of rotatable bonds is 6. The van der Waals surface area contributed by atoms with Gasteiger partial charge in [0.25, 0.3) is 0 Å². The molecule has 1 unspecified atom stereocenters. The smallest absolute Gasteiger partial charge is 0.153 e.